The molecule has 0 aromatic carbocycles. The van der Waals surface area contributed by atoms with Crippen LogP contribution in [0, 0.1) is 11.8 Å². The number of pyridine rings is 1. The Balaban J connectivity index is 1.15. The van der Waals surface area contributed by atoms with Crippen LogP contribution in [0.25, 0.3) is 11.4 Å². The van der Waals surface area contributed by atoms with E-state index in [1.165, 1.54) is 24.2 Å². The second-order valence-electron chi connectivity index (χ2n) is 11.6. The molecule has 0 spiro atoms. The molecule has 1 saturated heterocycles. The molecule has 3 aromatic rings. The molecular weight excluding hydrogens is 472 g/mol. The van der Waals surface area contributed by atoms with Crippen LogP contribution >= 0.6 is 11.3 Å². The minimum absolute atomic E-state index is 0.0128. The standard InChI is InChI=1S/C27H34N6O2S/c1-26(2,28)16-9-22(27(3)7-5-6-8-27)30-23(10-16)35-24-17-12-33(13-18(17)24)25(34)21-11-19(31-32(21)4)20-14-36-15-29-20/h9-11,14-15,17-18,24H,5-8,12-13,28H2,1-4H3/t17-,18+,24?. The number of carbonyl (C=O) groups is 1. The molecule has 4 heterocycles. The van der Waals surface area contributed by atoms with E-state index < -0.39 is 5.54 Å². The number of rotatable bonds is 6. The monoisotopic (exact) mass is 506 g/mol. The molecule has 0 bridgehead atoms. The van der Waals surface area contributed by atoms with Crippen molar-refractivity contribution in [1.29, 1.82) is 0 Å². The summed E-state index contributed by atoms with van der Waals surface area (Å²) in [6, 6.07) is 6.03. The van der Waals surface area contributed by atoms with Crippen molar-refractivity contribution in [2.24, 2.45) is 24.6 Å². The Bertz CT molecular complexity index is 1280. The van der Waals surface area contributed by atoms with Crippen molar-refractivity contribution >= 4 is 17.2 Å². The van der Waals surface area contributed by atoms with Gasteiger partial charge in [-0.1, -0.05) is 19.8 Å². The molecule has 3 aliphatic rings. The Labute approximate surface area is 215 Å². The molecule has 2 saturated carbocycles. The van der Waals surface area contributed by atoms with Crippen molar-refractivity contribution in [2.75, 3.05) is 13.1 Å². The SMILES string of the molecule is Cn1nc(-c2cscn2)cc1C(=O)N1C[C@@H]2C(Oc3cc(C(C)(C)N)cc(C4(C)CCCC4)n3)[C@@H]2C1. The molecule has 3 atom stereocenters. The van der Waals surface area contributed by atoms with Crippen LogP contribution in [0.2, 0.25) is 0 Å². The fraction of sp³-hybridized carbons (Fsp3) is 0.556. The minimum atomic E-state index is -0.464. The molecule has 36 heavy (non-hydrogen) atoms. The number of nitrogens with two attached hydrogens (primary N) is 1. The molecule has 0 radical (unpaired) electrons. The normalized spacial score (nSPS) is 24.7. The van der Waals surface area contributed by atoms with E-state index in [-0.39, 0.29) is 17.4 Å². The Morgan fingerprint density at radius 2 is 1.89 bits per heavy atom. The van der Waals surface area contributed by atoms with Gasteiger partial charge in [-0.05, 0) is 44.4 Å². The molecule has 2 aliphatic carbocycles. The Kier molecular flexibility index (Phi) is 5.50. The zero-order valence-corrected chi connectivity index (χ0v) is 22.2. The van der Waals surface area contributed by atoms with Crippen LogP contribution in [0.1, 0.15) is 68.2 Å². The quantitative estimate of drug-likeness (QED) is 0.540. The molecule has 3 aromatic heterocycles. The Morgan fingerprint density at radius 3 is 2.53 bits per heavy atom. The third kappa shape index (κ3) is 4.12. The van der Waals surface area contributed by atoms with E-state index in [1.54, 1.807) is 10.2 Å². The van der Waals surface area contributed by atoms with Gasteiger partial charge in [0.1, 0.15) is 23.2 Å². The van der Waals surface area contributed by atoms with E-state index in [0.29, 0.717) is 36.5 Å². The summed E-state index contributed by atoms with van der Waals surface area (Å²) < 4.78 is 8.11. The maximum atomic E-state index is 13.2. The van der Waals surface area contributed by atoms with E-state index in [4.69, 9.17) is 15.5 Å². The summed E-state index contributed by atoms with van der Waals surface area (Å²) >= 11 is 1.52. The second-order valence-corrected chi connectivity index (χ2v) is 12.3. The maximum Gasteiger partial charge on any atom is 0.272 e. The second kappa shape index (κ2) is 8.38. The topological polar surface area (TPSA) is 99.2 Å². The fourth-order valence-corrected chi connectivity index (χ4v) is 6.45. The van der Waals surface area contributed by atoms with Crippen molar-refractivity contribution in [2.45, 2.75) is 63.5 Å². The lowest BCUT2D eigenvalue weighted by Gasteiger charge is -2.27. The van der Waals surface area contributed by atoms with E-state index >= 15 is 0 Å². The molecule has 6 rings (SSSR count). The number of amides is 1. The fourth-order valence-electron chi connectivity index (χ4n) is 5.90. The largest absolute Gasteiger partial charge is 0.474 e. The van der Waals surface area contributed by atoms with Crippen LogP contribution < -0.4 is 10.5 Å². The molecule has 3 fully saturated rings. The number of hydrogen-bond donors (Lipinski definition) is 1. The maximum absolute atomic E-state index is 13.2. The summed E-state index contributed by atoms with van der Waals surface area (Å²) in [6.45, 7) is 7.75. The highest BCUT2D eigenvalue weighted by atomic mass is 32.1. The van der Waals surface area contributed by atoms with E-state index in [2.05, 4.69) is 23.1 Å². The lowest BCUT2D eigenvalue weighted by Crippen LogP contribution is -2.34. The van der Waals surface area contributed by atoms with Crippen LogP contribution in [0.4, 0.5) is 0 Å². The molecular formula is C27H34N6O2S. The third-order valence-corrected chi connectivity index (χ3v) is 8.91. The van der Waals surface area contributed by atoms with E-state index in [0.717, 1.165) is 35.5 Å². The highest BCUT2D eigenvalue weighted by molar-refractivity contribution is 7.07. The summed E-state index contributed by atoms with van der Waals surface area (Å²) in [5.41, 5.74) is 12.2. The van der Waals surface area contributed by atoms with Gasteiger partial charge in [-0.3, -0.25) is 9.48 Å². The van der Waals surface area contributed by atoms with Gasteiger partial charge in [0.2, 0.25) is 5.88 Å². The molecule has 8 nitrogen and oxygen atoms in total. The van der Waals surface area contributed by atoms with Gasteiger partial charge in [0.25, 0.3) is 5.91 Å². The van der Waals surface area contributed by atoms with Crippen molar-refractivity contribution in [3.05, 3.63) is 46.0 Å². The van der Waals surface area contributed by atoms with Crippen LogP contribution in [-0.2, 0) is 18.0 Å². The van der Waals surface area contributed by atoms with Crippen molar-refractivity contribution < 1.29 is 9.53 Å². The first-order valence-corrected chi connectivity index (χ1v) is 13.8. The van der Waals surface area contributed by atoms with Gasteiger partial charge in [-0.25, -0.2) is 9.97 Å². The van der Waals surface area contributed by atoms with E-state index in [1.807, 2.05) is 43.3 Å². The minimum Gasteiger partial charge on any atom is -0.474 e. The van der Waals surface area contributed by atoms with Gasteiger partial charge in [0.15, 0.2) is 0 Å². The predicted molar refractivity (Wildman–Crippen MR) is 139 cm³/mol. The number of piperidine rings is 1. The summed E-state index contributed by atoms with van der Waals surface area (Å²) in [7, 11) is 1.81. The van der Waals surface area contributed by atoms with Crippen LogP contribution in [0.15, 0.2) is 29.1 Å². The van der Waals surface area contributed by atoms with E-state index in [9.17, 15) is 4.79 Å². The smallest absolute Gasteiger partial charge is 0.272 e. The summed E-state index contributed by atoms with van der Waals surface area (Å²) in [5.74, 6) is 1.36. The Hall–Kier alpha value is -2.78. The third-order valence-electron chi connectivity index (χ3n) is 8.32. The number of aryl methyl sites for hydroxylation is 1. The molecule has 190 valence electrons. The highest BCUT2D eigenvalue weighted by Crippen LogP contribution is 2.49. The molecule has 9 heteroatoms. The number of thiazole rings is 1. The molecule has 1 amide bonds. The molecule has 2 N–H and O–H groups in total. The van der Waals surface area contributed by atoms with Crippen molar-refractivity contribution in [3.63, 3.8) is 0 Å². The number of carbonyl (C=O) groups excluding carboxylic acids is 1. The number of aromatic nitrogens is 4. The average molecular weight is 507 g/mol. The number of ether oxygens (including phenoxy) is 1. The van der Waals surface area contributed by atoms with Gasteiger partial charge in [0, 0.05) is 54.4 Å². The van der Waals surface area contributed by atoms with Gasteiger partial charge in [0.05, 0.1) is 11.2 Å². The predicted octanol–water partition coefficient (Wildman–Crippen LogP) is 4.11. The average Bonchev–Trinajstić information content (AvgIpc) is 3.46. The lowest BCUT2D eigenvalue weighted by atomic mass is 9.82. The first kappa shape index (κ1) is 23.6. The van der Waals surface area contributed by atoms with Crippen LogP contribution in [0.5, 0.6) is 5.88 Å². The molecule has 1 unspecified atom stereocenters. The first-order valence-electron chi connectivity index (χ1n) is 12.8. The van der Waals surface area contributed by atoms with Crippen LogP contribution in [0.3, 0.4) is 0 Å². The highest BCUT2D eigenvalue weighted by Gasteiger charge is 2.59. The number of fused-ring (bicyclic) bond motifs is 1. The number of nitrogens with zero attached hydrogens (tertiary/aromatic N) is 5. The van der Waals surface area contributed by atoms with Gasteiger partial charge >= 0.3 is 0 Å². The zero-order chi connectivity index (χ0) is 25.2. The lowest BCUT2D eigenvalue weighted by molar-refractivity contribution is 0.0740. The van der Waals surface area contributed by atoms with Gasteiger partial charge in [-0.15, -0.1) is 11.3 Å². The number of hydrogen-bond acceptors (Lipinski definition) is 7. The summed E-state index contributed by atoms with van der Waals surface area (Å²) in [5, 5.41) is 6.43. The first-order chi connectivity index (χ1) is 17.1. The summed E-state index contributed by atoms with van der Waals surface area (Å²) in [4.78, 5) is 24.5. The number of likely N-dealkylation sites (tertiary alicyclic amines) is 1. The Morgan fingerprint density at radius 1 is 1.17 bits per heavy atom. The van der Waals surface area contributed by atoms with Crippen molar-refractivity contribution in [1.82, 2.24) is 24.6 Å². The van der Waals surface area contributed by atoms with Crippen molar-refractivity contribution in [3.8, 4) is 17.3 Å². The summed E-state index contributed by atoms with van der Waals surface area (Å²) in [6.07, 6.45) is 4.88. The molecule has 1 aliphatic heterocycles. The van der Waals surface area contributed by atoms with Crippen LogP contribution in [-0.4, -0.2) is 49.7 Å². The zero-order valence-electron chi connectivity index (χ0n) is 21.4. The van der Waals surface area contributed by atoms with Gasteiger partial charge in [-0.2, -0.15) is 5.10 Å². The van der Waals surface area contributed by atoms with Gasteiger partial charge < -0.3 is 15.4 Å².